The number of hydrogen-bond acceptors (Lipinski definition) is 4. The van der Waals surface area contributed by atoms with Gasteiger partial charge in [0.15, 0.2) is 0 Å². The highest BCUT2D eigenvalue weighted by Gasteiger charge is 2.19. The summed E-state index contributed by atoms with van der Waals surface area (Å²) < 4.78 is 1.60. The number of carboxylic acid groups (broad SMARTS) is 1. The van der Waals surface area contributed by atoms with Gasteiger partial charge in [-0.25, -0.2) is 14.5 Å². The minimum absolute atomic E-state index is 0.0533. The fraction of sp³-hybridized carbons (Fsp3) is 0.200. The first-order valence-electron chi connectivity index (χ1n) is 6.62. The number of hydrogen-bond donors (Lipinski definition) is 1. The number of pyridine rings is 1. The van der Waals surface area contributed by atoms with E-state index in [2.05, 4.69) is 15.1 Å². The molecule has 0 radical (unpaired) electrons. The largest absolute Gasteiger partial charge is 0.475 e. The first kappa shape index (κ1) is 13.2. The monoisotopic (exact) mass is 282 g/mol. The van der Waals surface area contributed by atoms with Crippen LogP contribution in [0.5, 0.6) is 0 Å². The van der Waals surface area contributed by atoms with Gasteiger partial charge in [-0.2, -0.15) is 0 Å². The third-order valence-corrected chi connectivity index (χ3v) is 3.19. The van der Waals surface area contributed by atoms with Crippen molar-refractivity contribution in [3.8, 4) is 5.69 Å². The van der Waals surface area contributed by atoms with Crippen molar-refractivity contribution in [1.82, 2.24) is 19.7 Å². The Bertz CT molecular complexity index is 818. The van der Waals surface area contributed by atoms with Crippen molar-refractivity contribution in [3.63, 3.8) is 0 Å². The van der Waals surface area contributed by atoms with Gasteiger partial charge in [0, 0.05) is 17.5 Å². The van der Waals surface area contributed by atoms with E-state index < -0.39 is 5.97 Å². The number of carboxylic acids is 1. The van der Waals surface area contributed by atoms with Gasteiger partial charge in [-0.05, 0) is 24.3 Å². The Morgan fingerprint density at radius 2 is 2.05 bits per heavy atom. The third-order valence-electron chi connectivity index (χ3n) is 3.19. The summed E-state index contributed by atoms with van der Waals surface area (Å²) in [5, 5.41) is 14.1. The fourth-order valence-corrected chi connectivity index (χ4v) is 2.24. The second-order valence-corrected chi connectivity index (χ2v) is 5.01. The van der Waals surface area contributed by atoms with Crippen LogP contribution in [-0.2, 0) is 0 Å². The average Bonchev–Trinajstić information content (AvgIpc) is 2.92. The van der Waals surface area contributed by atoms with Gasteiger partial charge in [-0.1, -0.05) is 19.9 Å². The van der Waals surface area contributed by atoms with Crippen molar-refractivity contribution in [3.05, 3.63) is 48.2 Å². The average molecular weight is 282 g/mol. The number of rotatable bonds is 3. The van der Waals surface area contributed by atoms with Gasteiger partial charge in [-0.15, -0.1) is 5.10 Å². The lowest BCUT2D eigenvalue weighted by Crippen LogP contribution is -2.05. The van der Waals surface area contributed by atoms with Crippen LogP contribution >= 0.6 is 0 Å². The molecule has 0 aliphatic rings. The zero-order chi connectivity index (χ0) is 15.0. The molecule has 0 saturated heterocycles. The summed E-state index contributed by atoms with van der Waals surface area (Å²) in [5.74, 6) is -0.658. The molecule has 0 fully saturated rings. The van der Waals surface area contributed by atoms with Gasteiger partial charge in [0.1, 0.15) is 5.82 Å². The quantitative estimate of drug-likeness (QED) is 0.798. The van der Waals surface area contributed by atoms with E-state index in [9.17, 15) is 4.79 Å². The highest BCUT2D eigenvalue weighted by atomic mass is 16.4. The van der Waals surface area contributed by atoms with Crippen molar-refractivity contribution in [2.45, 2.75) is 19.8 Å². The lowest BCUT2D eigenvalue weighted by molar-refractivity contribution is 0.0683. The lowest BCUT2D eigenvalue weighted by Gasteiger charge is -2.10. The molecule has 6 nitrogen and oxygen atoms in total. The van der Waals surface area contributed by atoms with Crippen LogP contribution < -0.4 is 0 Å². The summed E-state index contributed by atoms with van der Waals surface area (Å²) in [7, 11) is 0. The summed E-state index contributed by atoms with van der Waals surface area (Å²) in [4.78, 5) is 19.6. The maximum Gasteiger partial charge on any atom is 0.375 e. The Labute approximate surface area is 121 Å². The topological polar surface area (TPSA) is 80.9 Å². The van der Waals surface area contributed by atoms with E-state index in [1.165, 1.54) is 0 Å². The van der Waals surface area contributed by atoms with E-state index in [4.69, 9.17) is 5.11 Å². The van der Waals surface area contributed by atoms with Crippen molar-refractivity contribution in [2.24, 2.45) is 0 Å². The SMILES string of the molecule is CC(C)c1nc(C(=O)O)nn1-c1cccc2ncccc12. The van der Waals surface area contributed by atoms with Crippen LogP contribution in [0.2, 0.25) is 0 Å². The molecule has 2 heterocycles. The predicted octanol–water partition coefficient (Wildman–Crippen LogP) is 2.64. The molecule has 0 aliphatic heterocycles. The maximum absolute atomic E-state index is 11.1. The summed E-state index contributed by atoms with van der Waals surface area (Å²) in [6, 6.07) is 9.44. The first-order valence-corrected chi connectivity index (χ1v) is 6.62. The molecular weight excluding hydrogens is 268 g/mol. The highest BCUT2D eigenvalue weighted by molar-refractivity contribution is 5.87. The van der Waals surface area contributed by atoms with Crippen molar-refractivity contribution in [1.29, 1.82) is 0 Å². The summed E-state index contributed by atoms with van der Waals surface area (Å²) >= 11 is 0. The van der Waals surface area contributed by atoms with Gasteiger partial charge in [0.2, 0.25) is 0 Å². The molecule has 3 aromatic rings. The molecule has 1 aromatic carbocycles. The zero-order valence-corrected chi connectivity index (χ0v) is 11.7. The minimum Gasteiger partial charge on any atom is -0.475 e. The molecule has 21 heavy (non-hydrogen) atoms. The van der Waals surface area contributed by atoms with Crippen LogP contribution in [-0.4, -0.2) is 30.8 Å². The number of benzene rings is 1. The van der Waals surface area contributed by atoms with Crippen LogP contribution in [0.1, 0.15) is 36.2 Å². The summed E-state index contributed by atoms with van der Waals surface area (Å²) in [6.45, 7) is 3.91. The Balaban J connectivity index is 2.29. The van der Waals surface area contributed by atoms with Crippen molar-refractivity contribution < 1.29 is 9.90 Å². The molecular formula is C15H14N4O2. The van der Waals surface area contributed by atoms with Crippen LogP contribution in [0.3, 0.4) is 0 Å². The van der Waals surface area contributed by atoms with Crippen LogP contribution in [0.25, 0.3) is 16.6 Å². The van der Waals surface area contributed by atoms with Gasteiger partial charge in [-0.3, -0.25) is 4.98 Å². The van der Waals surface area contributed by atoms with Crippen LogP contribution in [0.4, 0.5) is 0 Å². The van der Waals surface area contributed by atoms with Gasteiger partial charge >= 0.3 is 5.97 Å². The first-order chi connectivity index (χ1) is 10.1. The lowest BCUT2D eigenvalue weighted by atomic mass is 10.1. The summed E-state index contributed by atoms with van der Waals surface area (Å²) in [5.41, 5.74) is 1.61. The highest BCUT2D eigenvalue weighted by Crippen LogP contribution is 2.23. The minimum atomic E-state index is -1.13. The molecule has 106 valence electrons. The van der Waals surface area contributed by atoms with E-state index in [1.54, 1.807) is 10.9 Å². The van der Waals surface area contributed by atoms with Gasteiger partial charge in [0.25, 0.3) is 5.82 Å². The number of aromatic nitrogens is 4. The Morgan fingerprint density at radius 3 is 2.76 bits per heavy atom. The van der Waals surface area contributed by atoms with Gasteiger partial charge < -0.3 is 5.11 Å². The standard InChI is InChI=1S/C15H14N4O2/c1-9(2)14-17-13(15(20)21)18-19(14)12-7-3-6-11-10(12)5-4-8-16-11/h3-9H,1-2H3,(H,20,21). The molecule has 0 bridgehead atoms. The number of nitrogens with zero attached hydrogens (tertiary/aromatic N) is 4. The molecule has 2 aromatic heterocycles. The predicted molar refractivity (Wildman–Crippen MR) is 77.7 cm³/mol. The van der Waals surface area contributed by atoms with Crippen LogP contribution in [0.15, 0.2) is 36.5 Å². The molecule has 0 amide bonds. The zero-order valence-electron chi connectivity index (χ0n) is 11.7. The number of fused-ring (bicyclic) bond motifs is 1. The number of aromatic carboxylic acids is 1. The Hall–Kier alpha value is -2.76. The second-order valence-electron chi connectivity index (χ2n) is 5.01. The van der Waals surface area contributed by atoms with E-state index in [0.29, 0.717) is 5.82 Å². The van der Waals surface area contributed by atoms with E-state index >= 15 is 0 Å². The fourth-order valence-electron chi connectivity index (χ4n) is 2.24. The normalized spacial score (nSPS) is 11.2. The molecule has 0 saturated carbocycles. The molecule has 0 aliphatic carbocycles. The Kier molecular flexibility index (Phi) is 3.13. The van der Waals surface area contributed by atoms with E-state index in [-0.39, 0.29) is 11.7 Å². The van der Waals surface area contributed by atoms with Crippen molar-refractivity contribution >= 4 is 16.9 Å². The molecule has 6 heteroatoms. The molecule has 0 spiro atoms. The van der Waals surface area contributed by atoms with E-state index in [1.807, 2.05) is 44.2 Å². The molecule has 1 N–H and O–H groups in total. The van der Waals surface area contributed by atoms with Gasteiger partial charge in [0.05, 0.1) is 11.2 Å². The molecule has 0 atom stereocenters. The second kappa shape index (κ2) is 4.97. The molecule has 3 rings (SSSR count). The summed E-state index contributed by atoms with van der Waals surface area (Å²) in [6.07, 6.45) is 1.72. The van der Waals surface area contributed by atoms with Crippen LogP contribution in [0, 0.1) is 0 Å². The maximum atomic E-state index is 11.1. The van der Waals surface area contributed by atoms with E-state index in [0.717, 1.165) is 16.6 Å². The van der Waals surface area contributed by atoms with Crippen molar-refractivity contribution in [2.75, 3.05) is 0 Å². The smallest absolute Gasteiger partial charge is 0.375 e. The third kappa shape index (κ3) is 2.24. The number of carbonyl (C=O) groups is 1. The molecule has 0 unspecified atom stereocenters. The Morgan fingerprint density at radius 1 is 1.24 bits per heavy atom.